The number of benzene rings is 2. The van der Waals surface area contributed by atoms with Gasteiger partial charge in [-0.15, -0.1) is 11.3 Å². The first-order chi connectivity index (χ1) is 13.0. The monoisotopic (exact) mass is 402 g/mol. The van der Waals surface area contributed by atoms with Gasteiger partial charge in [-0.1, -0.05) is 41.9 Å². The van der Waals surface area contributed by atoms with Gasteiger partial charge in [-0.2, -0.15) is 0 Å². The third kappa shape index (κ3) is 5.39. The number of thiophene rings is 1. The van der Waals surface area contributed by atoms with Gasteiger partial charge in [0.2, 0.25) is 5.91 Å². The Morgan fingerprint density at radius 1 is 1.07 bits per heavy atom. The van der Waals surface area contributed by atoms with E-state index in [1.54, 1.807) is 23.5 Å². The van der Waals surface area contributed by atoms with Gasteiger partial charge >= 0.3 is 0 Å². The quantitative estimate of drug-likeness (QED) is 0.577. The molecule has 0 radical (unpaired) electrons. The minimum Gasteiger partial charge on any atom is -0.343 e. The molecule has 6 heteroatoms. The van der Waals surface area contributed by atoms with E-state index in [0.717, 1.165) is 16.0 Å². The third-order valence-electron chi connectivity index (χ3n) is 4.28. The Bertz CT molecular complexity index is 866. The number of rotatable bonds is 7. The highest BCUT2D eigenvalue weighted by molar-refractivity contribution is 7.10. The normalized spacial score (nSPS) is 13.1. The lowest BCUT2D eigenvalue weighted by Crippen LogP contribution is -2.37. The number of carbonyl (C=O) groups is 1. The molecule has 3 rings (SSSR count). The van der Waals surface area contributed by atoms with Crippen molar-refractivity contribution in [3.8, 4) is 0 Å². The fourth-order valence-electron chi connectivity index (χ4n) is 2.76. The number of nitrogens with one attached hydrogen (secondary N) is 2. The smallest absolute Gasteiger partial charge is 0.234 e. The summed E-state index contributed by atoms with van der Waals surface area (Å²) in [5, 5.41) is 8.89. The molecule has 0 saturated heterocycles. The van der Waals surface area contributed by atoms with E-state index in [0.29, 0.717) is 5.02 Å². The maximum atomic E-state index is 13.2. The maximum Gasteiger partial charge on any atom is 0.234 e. The molecular formula is C21H20ClFN2OS. The van der Waals surface area contributed by atoms with Crippen LogP contribution in [0.4, 0.5) is 4.39 Å². The van der Waals surface area contributed by atoms with Gasteiger partial charge in [0, 0.05) is 15.9 Å². The molecule has 2 N–H and O–H groups in total. The lowest BCUT2D eigenvalue weighted by atomic mass is 10.1. The zero-order chi connectivity index (χ0) is 19.2. The van der Waals surface area contributed by atoms with Crippen LogP contribution in [0.15, 0.2) is 66.0 Å². The van der Waals surface area contributed by atoms with Crippen LogP contribution in [0.3, 0.4) is 0 Å². The second-order valence-electron chi connectivity index (χ2n) is 6.22. The predicted octanol–water partition coefficient (Wildman–Crippen LogP) is 5.10. The van der Waals surface area contributed by atoms with Crippen LogP contribution in [0, 0.1) is 5.82 Å². The molecule has 0 aliphatic rings. The molecule has 3 nitrogen and oxygen atoms in total. The molecule has 0 spiro atoms. The third-order valence-corrected chi connectivity index (χ3v) is 5.46. The van der Waals surface area contributed by atoms with Gasteiger partial charge in [-0.25, -0.2) is 4.39 Å². The molecule has 27 heavy (non-hydrogen) atoms. The Morgan fingerprint density at radius 2 is 1.74 bits per heavy atom. The van der Waals surface area contributed by atoms with Crippen LogP contribution in [0.1, 0.15) is 35.0 Å². The molecule has 2 aromatic carbocycles. The van der Waals surface area contributed by atoms with E-state index in [2.05, 4.69) is 10.6 Å². The summed E-state index contributed by atoms with van der Waals surface area (Å²) in [4.78, 5) is 13.5. The molecule has 1 aromatic heterocycles. The summed E-state index contributed by atoms with van der Waals surface area (Å²) in [5.74, 6) is -0.424. The van der Waals surface area contributed by atoms with E-state index < -0.39 is 0 Å². The number of halogens is 2. The first kappa shape index (κ1) is 19.5. The van der Waals surface area contributed by atoms with E-state index >= 15 is 0 Å². The summed E-state index contributed by atoms with van der Waals surface area (Å²) in [5.41, 5.74) is 1.90. The molecule has 1 heterocycles. The van der Waals surface area contributed by atoms with Crippen molar-refractivity contribution < 1.29 is 9.18 Å². The van der Waals surface area contributed by atoms with Crippen LogP contribution < -0.4 is 10.6 Å². The minimum atomic E-state index is -0.300. The van der Waals surface area contributed by atoms with E-state index in [-0.39, 0.29) is 30.4 Å². The van der Waals surface area contributed by atoms with Crippen molar-refractivity contribution >= 4 is 28.8 Å². The first-order valence-corrected chi connectivity index (χ1v) is 9.86. The molecule has 2 atom stereocenters. The minimum absolute atomic E-state index is 0.0130. The van der Waals surface area contributed by atoms with Crippen LogP contribution in [0.25, 0.3) is 0 Å². The second-order valence-corrected chi connectivity index (χ2v) is 7.64. The maximum absolute atomic E-state index is 13.2. The van der Waals surface area contributed by atoms with Crippen LogP contribution in [0.5, 0.6) is 0 Å². The number of amides is 1. The SMILES string of the molecule is C[C@@H](NCC(=O)N[C@H](c1ccc(F)cc1)c1cccs1)c1ccc(Cl)cc1. The van der Waals surface area contributed by atoms with E-state index in [4.69, 9.17) is 11.6 Å². The predicted molar refractivity (Wildman–Crippen MR) is 109 cm³/mol. The fraction of sp³-hybridized carbons (Fsp3) is 0.190. The van der Waals surface area contributed by atoms with Crippen LogP contribution in [0.2, 0.25) is 5.02 Å². The average Bonchev–Trinajstić information content (AvgIpc) is 3.20. The molecule has 0 bridgehead atoms. The molecule has 0 aliphatic carbocycles. The zero-order valence-corrected chi connectivity index (χ0v) is 16.4. The Labute approximate surface area is 167 Å². The molecule has 0 aliphatic heterocycles. The molecule has 1 amide bonds. The summed E-state index contributed by atoms with van der Waals surface area (Å²) < 4.78 is 13.2. The van der Waals surface area contributed by atoms with Crippen molar-refractivity contribution in [1.82, 2.24) is 10.6 Å². The van der Waals surface area contributed by atoms with Crippen molar-refractivity contribution in [3.63, 3.8) is 0 Å². The van der Waals surface area contributed by atoms with Crippen LogP contribution in [-0.2, 0) is 4.79 Å². The van der Waals surface area contributed by atoms with Crippen molar-refractivity contribution in [2.24, 2.45) is 0 Å². The van der Waals surface area contributed by atoms with E-state index in [1.165, 1.54) is 12.1 Å². The highest BCUT2D eigenvalue weighted by Crippen LogP contribution is 2.26. The highest BCUT2D eigenvalue weighted by Gasteiger charge is 2.18. The molecule has 140 valence electrons. The van der Waals surface area contributed by atoms with Crippen molar-refractivity contribution in [2.75, 3.05) is 6.54 Å². The molecule has 0 fully saturated rings. The average molecular weight is 403 g/mol. The zero-order valence-electron chi connectivity index (χ0n) is 14.8. The molecular weight excluding hydrogens is 383 g/mol. The van der Waals surface area contributed by atoms with Gasteiger partial charge in [0.15, 0.2) is 0 Å². The standard InChI is InChI=1S/C21H20ClFN2OS/c1-14(15-4-8-17(22)9-5-15)24-13-20(26)25-21(19-3-2-12-27-19)16-6-10-18(23)11-7-16/h2-12,14,21,24H,13H2,1H3,(H,25,26)/t14-,21-/m1/s1. The number of hydrogen-bond acceptors (Lipinski definition) is 3. The number of hydrogen-bond donors (Lipinski definition) is 2. The Morgan fingerprint density at radius 3 is 2.37 bits per heavy atom. The van der Waals surface area contributed by atoms with Gasteiger partial charge in [0.25, 0.3) is 0 Å². The van der Waals surface area contributed by atoms with Crippen molar-refractivity contribution in [2.45, 2.75) is 19.0 Å². The van der Waals surface area contributed by atoms with Crippen LogP contribution in [-0.4, -0.2) is 12.5 Å². The summed E-state index contributed by atoms with van der Waals surface area (Å²) in [7, 11) is 0. The summed E-state index contributed by atoms with van der Waals surface area (Å²) in [6.07, 6.45) is 0. The summed E-state index contributed by atoms with van der Waals surface area (Å²) >= 11 is 7.46. The van der Waals surface area contributed by atoms with Gasteiger partial charge < -0.3 is 10.6 Å². The highest BCUT2D eigenvalue weighted by atomic mass is 35.5. The second kappa shape index (κ2) is 9.13. The van der Waals surface area contributed by atoms with Crippen molar-refractivity contribution in [1.29, 1.82) is 0 Å². The van der Waals surface area contributed by atoms with Gasteiger partial charge in [0.05, 0.1) is 12.6 Å². The fourth-order valence-corrected chi connectivity index (χ4v) is 3.69. The Hall–Kier alpha value is -2.21. The molecule has 3 aromatic rings. The van der Waals surface area contributed by atoms with E-state index in [9.17, 15) is 9.18 Å². The van der Waals surface area contributed by atoms with E-state index in [1.807, 2.05) is 48.7 Å². The Balaban J connectivity index is 1.64. The van der Waals surface area contributed by atoms with Gasteiger partial charge in [-0.3, -0.25) is 4.79 Å². The van der Waals surface area contributed by atoms with Crippen molar-refractivity contribution in [3.05, 3.63) is 92.9 Å². The Kier molecular flexibility index (Phi) is 6.61. The van der Waals surface area contributed by atoms with Gasteiger partial charge in [-0.05, 0) is 53.8 Å². The molecule has 0 saturated carbocycles. The van der Waals surface area contributed by atoms with Crippen LogP contribution >= 0.6 is 22.9 Å². The number of carbonyl (C=O) groups excluding carboxylic acids is 1. The lowest BCUT2D eigenvalue weighted by molar-refractivity contribution is -0.120. The largest absolute Gasteiger partial charge is 0.343 e. The lowest BCUT2D eigenvalue weighted by Gasteiger charge is -2.20. The van der Waals surface area contributed by atoms with Gasteiger partial charge in [0.1, 0.15) is 5.82 Å². The first-order valence-electron chi connectivity index (χ1n) is 8.60. The topological polar surface area (TPSA) is 41.1 Å². The molecule has 0 unspecified atom stereocenters. The summed E-state index contributed by atoms with van der Waals surface area (Å²) in [6, 6.07) is 17.3. The summed E-state index contributed by atoms with van der Waals surface area (Å²) in [6.45, 7) is 2.17.